The van der Waals surface area contributed by atoms with E-state index >= 15 is 0 Å². The predicted octanol–water partition coefficient (Wildman–Crippen LogP) is 1.64. The van der Waals surface area contributed by atoms with Crippen LogP contribution in [0.3, 0.4) is 0 Å². The van der Waals surface area contributed by atoms with Gasteiger partial charge in [0.15, 0.2) is 0 Å². The Morgan fingerprint density at radius 2 is 1.95 bits per heavy atom. The molecule has 0 amide bonds. The fraction of sp³-hybridized carbons (Fsp3) is 0.571. The van der Waals surface area contributed by atoms with E-state index in [1.807, 2.05) is 45.0 Å². The highest BCUT2D eigenvalue weighted by molar-refractivity contribution is 7.90. The van der Waals surface area contributed by atoms with Crippen LogP contribution in [0.15, 0.2) is 24.3 Å². The van der Waals surface area contributed by atoms with Gasteiger partial charge in [-0.3, -0.25) is 4.31 Å². The van der Waals surface area contributed by atoms with Gasteiger partial charge in [-0.15, -0.1) is 0 Å². The molecule has 1 aromatic rings. The van der Waals surface area contributed by atoms with Crippen LogP contribution in [0.5, 0.6) is 0 Å². The minimum Gasteiger partial charge on any atom is -0.330 e. The molecular weight excluding hydrogens is 274 g/mol. The Balaban J connectivity index is 3.03. The van der Waals surface area contributed by atoms with Gasteiger partial charge in [0.1, 0.15) is 0 Å². The number of nitrogens with one attached hydrogen (secondary N) is 1. The Morgan fingerprint density at radius 1 is 1.30 bits per heavy atom. The van der Waals surface area contributed by atoms with Gasteiger partial charge in [0.25, 0.3) is 0 Å². The fourth-order valence-corrected chi connectivity index (χ4v) is 3.33. The van der Waals surface area contributed by atoms with E-state index in [0.29, 0.717) is 31.7 Å². The predicted molar refractivity (Wildman–Crippen MR) is 84.0 cm³/mol. The van der Waals surface area contributed by atoms with Crippen molar-refractivity contribution in [1.82, 2.24) is 4.72 Å². The maximum absolute atomic E-state index is 12.5. The molecule has 0 aliphatic heterocycles. The zero-order chi connectivity index (χ0) is 15.2. The molecule has 1 rings (SSSR count). The van der Waals surface area contributed by atoms with E-state index in [2.05, 4.69) is 4.72 Å². The molecule has 114 valence electrons. The van der Waals surface area contributed by atoms with Crippen molar-refractivity contribution in [2.24, 2.45) is 11.7 Å². The summed E-state index contributed by atoms with van der Waals surface area (Å²) in [7, 11) is -3.54. The average Bonchev–Trinajstić information content (AvgIpc) is 2.39. The summed E-state index contributed by atoms with van der Waals surface area (Å²) >= 11 is 0. The molecule has 20 heavy (non-hydrogen) atoms. The topological polar surface area (TPSA) is 75.4 Å². The van der Waals surface area contributed by atoms with Gasteiger partial charge in [-0.1, -0.05) is 32.0 Å². The zero-order valence-electron chi connectivity index (χ0n) is 12.5. The lowest BCUT2D eigenvalue weighted by molar-refractivity contribution is 0.554. The van der Waals surface area contributed by atoms with Crippen molar-refractivity contribution < 1.29 is 8.42 Å². The lowest BCUT2D eigenvalue weighted by Crippen LogP contribution is -2.43. The molecule has 0 bridgehead atoms. The highest BCUT2D eigenvalue weighted by Gasteiger charge is 2.22. The molecule has 0 aromatic heterocycles. The molecule has 0 heterocycles. The first-order valence-electron chi connectivity index (χ1n) is 6.91. The van der Waals surface area contributed by atoms with E-state index in [-0.39, 0.29) is 5.92 Å². The monoisotopic (exact) mass is 299 g/mol. The molecule has 0 saturated carbocycles. The maximum atomic E-state index is 12.5. The molecule has 5 nitrogen and oxygen atoms in total. The van der Waals surface area contributed by atoms with E-state index in [1.54, 1.807) is 0 Å². The second kappa shape index (κ2) is 7.61. The fourth-order valence-electron chi connectivity index (χ4n) is 1.80. The first-order chi connectivity index (χ1) is 9.38. The normalized spacial score (nSPS) is 11.8. The van der Waals surface area contributed by atoms with E-state index < -0.39 is 10.2 Å². The van der Waals surface area contributed by atoms with Crippen LogP contribution in [0.4, 0.5) is 5.69 Å². The minimum atomic E-state index is -3.54. The number of benzene rings is 1. The first-order valence-corrected chi connectivity index (χ1v) is 8.35. The number of hydrogen-bond donors (Lipinski definition) is 2. The van der Waals surface area contributed by atoms with Crippen LogP contribution in [0, 0.1) is 12.8 Å². The van der Waals surface area contributed by atoms with E-state index in [0.717, 1.165) is 5.56 Å². The molecule has 0 saturated heterocycles. The average molecular weight is 299 g/mol. The summed E-state index contributed by atoms with van der Waals surface area (Å²) in [5, 5.41) is 0. The summed E-state index contributed by atoms with van der Waals surface area (Å²) < 4.78 is 29.0. The van der Waals surface area contributed by atoms with Crippen molar-refractivity contribution >= 4 is 15.9 Å². The van der Waals surface area contributed by atoms with Gasteiger partial charge >= 0.3 is 10.2 Å². The van der Waals surface area contributed by atoms with Crippen molar-refractivity contribution in [2.45, 2.75) is 27.2 Å². The van der Waals surface area contributed by atoms with Crippen LogP contribution in [0.25, 0.3) is 0 Å². The lowest BCUT2D eigenvalue weighted by atomic mass is 10.2. The van der Waals surface area contributed by atoms with Crippen LogP contribution >= 0.6 is 0 Å². The molecule has 0 aliphatic carbocycles. The van der Waals surface area contributed by atoms with Gasteiger partial charge in [0, 0.05) is 13.1 Å². The minimum absolute atomic E-state index is 0.262. The summed E-state index contributed by atoms with van der Waals surface area (Å²) in [4.78, 5) is 0. The molecule has 6 heteroatoms. The summed E-state index contributed by atoms with van der Waals surface area (Å²) in [5.41, 5.74) is 7.15. The molecule has 0 aliphatic rings. The highest BCUT2D eigenvalue weighted by atomic mass is 32.2. The second-order valence-corrected chi connectivity index (χ2v) is 6.93. The largest absolute Gasteiger partial charge is 0.330 e. The third-order valence-corrected chi connectivity index (χ3v) is 4.40. The van der Waals surface area contributed by atoms with E-state index in [4.69, 9.17) is 5.73 Å². The van der Waals surface area contributed by atoms with Gasteiger partial charge in [0.05, 0.1) is 5.69 Å². The van der Waals surface area contributed by atoms with Gasteiger partial charge in [-0.05, 0) is 37.4 Å². The third-order valence-electron chi connectivity index (χ3n) is 2.91. The molecule has 3 N–H and O–H groups in total. The van der Waals surface area contributed by atoms with Crippen molar-refractivity contribution in [3.63, 3.8) is 0 Å². The standard InChI is InChI=1S/C14H25N3O2S/c1-12(2)11-16-20(18,19)17(10-6-9-15)14-8-5-4-7-13(14)3/h4-5,7-8,12,16H,6,9-11,15H2,1-3H3. The molecule has 0 radical (unpaired) electrons. The summed E-state index contributed by atoms with van der Waals surface area (Å²) in [6, 6.07) is 7.47. The van der Waals surface area contributed by atoms with E-state index in [9.17, 15) is 8.42 Å². The van der Waals surface area contributed by atoms with E-state index in [1.165, 1.54) is 4.31 Å². The maximum Gasteiger partial charge on any atom is 0.301 e. The Morgan fingerprint density at radius 3 is 2.50 bits per heavy atom. The number of nitrogens with zero attached hydrogens (tertiary/aromatic N) is 1. The van der Waals surface area contributed by atoms with Crippen molar-refractivity contribution in [3.05, 3.63) is 29.8 Å². The third kappa shape index (κ3) is 4.77. The van der Waals surface area contributed by atoms with Gasteiger partial charge in [0.2, 0.25) is 0 Å². The number of para-hydroxylation sites is 1. The lowest BCUT2D eigenvalue weighted by Gasteiger charge is -2.26. The summed E-state index contributed by atoms with van der Waals surface area (Å²) in [6.45, 7) is 7.12. The zero-order valence-corrected chi connectivity index (χ0v) is 13.3. The number of rotatable bonds is 8. The Hall–Kier alpha value is -1.11. The highest BCUT2D eigenvalue weighted by Crippen LogP contribution is 2.22. The first kappa shape index (κ1) is 16.9. The smallest absolute Gasteiger partial charge is 0.301 e. The summed E-state index contributed by atoms with van der Waals surface area (Å²) in [5.74, 6) is 0.262. The summed E-state index contributed by atoms with van der Waals surface area (Å²) in [6.07, 6.45) is 0.622. The molecule has 0 unspecified atom stereocenters. The molecule has 0 atom stereocenters. The quantitative estimate of drug-likeness (QED) is 0.766. The van der Waals surface area contributed by atoms with Crippen LogP contribution in [-0.2, 0) is 10.2 Å². The van der Waals surface area contributed by atoms with Crippen molar-refractivity contribution in [3.8, 4) is 0 Å². The molecular formula is C14H25N3O2S. The van der Waals surface area contributed by atoms with Crippen LogP contribution in [0.1, 0.15) is 25.8 Å². The van der Waals surface area contributed by atoms with Crippen LogP contribution < -0.4 is 14.8 Å². The van der Waals surface area contributed by atoms with Gasteiger partial charge in [-0.25, -0.2) is 0 Å². The molecule has 0 spiro atoms. The SMILES string of the molecule is Cc1ccccc1N(CCCN)S(=O)(=O)NCC(C)C. The Kier molecular flexibility index (Phi) is 6.45. The van der Waals surface area contributed by atoms with Crippen LogP contribution in [-0.4, -0.2) is 28.1 Å². The number of nitrogens with two attached hydrogens (primary N) is 1. The van der Waals surface area contributed by atoms with Crippen molar-refractivity contribution in [1.29, 1.82) is 0 Å². The molecule has 1 aromatic carbocycles. The van der Waals surface area contributed by atoms with Gasteiger partial charge < -0.3 is 5.73 Å². The number of anilines is 1. The van der Waals surface area contributed by atoms with Crippen molar-refractivity contribution in [2.75, 3.05) is 23.9 Å². The molecule has 0 fully saturated rings. The Labute approximate surface area is 122 Å². The number of hydrogen-bond acceptors (Lipinski definition) is 3. The van der Waals surface area contributed by atoms with Crippen LogP contribution in [0.2, 0.25) is 0 Å². The second-order valence-electron chi connectivity index (χ2n) is 5.25. The van der Waals surface area contributed by atoms with Gasteiger partial charge in [-0.2, -0.15) is 13.1 Å². The number of aryl methyl sites for hydroxylation is 1. The Bertz CT molecular complexity index is 515.